The Labute approximate surface area is 181 Å². The molecule has 2 aromatic rings. The van der Waals surface area contributed by atoms with E-state index in [0.717, 1.165) is 18.9 Å². The van der Waals surface area contributed by atoms with Crippen LogP contribution < -0.4 is 15.0 Å². The fourth-order valence-corrected chi connectivity index (χ4v) is 3.45. The average Bonchev–Trinajstić information content (AvgIpc) is 2.76. The van der Waals surface area contributed by atoms with E-state index < -0.39 is 0 Å². The molecule has 1 fully saturated rings. The van der Waals surface area contributed by atoms with E-state index in [1.807, 2.05) is 13.0 Å². The normalized spacial score (nSPS) is 13.7. The largest absolute Gasteiger partial charge is 0.476 e. The molecule has 0 aliphatic carbocycles. The lowest BCUT2D eigenvalue weighted by molar-refractivity contribution is -0.121. The van der Waals surface area contributed by atoms with Gasteiger partial charge >= 0.3 is 0 Å². The quantitative estimate of drug-likeness (QED) is 0.483. The molecule has 2 heterocycles. The smallest absolute Gasteiger partial charge is 0.220 e. The molecule has 7 nitrogen and oxygen atoms in total. The fourth-order valence-electron chi connectivity index (χ4n) is 3.33. The molecule has 0 radical (unpaired) electrons. The van der Waals surface area contributed by atoms with Gasteiger partial charge in [-0.15, -0.1) is 0 Å². The molecule has 0 bridgehead atoms. The summed E-state index contributed by atoms with van der Waals surface area (Å²) in [6.07, 6.45) is 3.89. The highest BCUT2D eigenvalue weighted by Gasteiger charge is 2.14. The number of aryl methyl sites for hydroxylation is 1. The van der Waals surface area contributed by atoms with Gasteiger partial charge in [0.2, 0.25) is 11.8 Å². The highest BCUT2D eigenvalue weighted by atomic mass is 35.5. The number of carbonyl (C=O) groups is 2. The molecule has 3 rings (SSSR count). The molecule has 0 unspecified atom stereocenters. The first kappa shape index (κ1) is 22.0. The van der Waals surface area contributed by atoms with E-state index in [2.05, 4.69) is 20.2 Å². The summed E-state index contributed by atoms with van der Waals surface area (Å²) in [5.41, 5.74) is 0.555. The van der Waals surface area contributed by atoms with Crippen LogP contribution in [0.3, 0.4) is 0 Å². The number of nitrogens with one attached hydrogen (secondary N) is 1. The van der Waals surface area contributed by atoms with E-state index in [4.69, 9.17) is 16.3 Å². The molecule has 1 aliphatic heterocycles. The number of Topliss-reactive ketones (excluding diaryl/α,β-unsaturated/α-hetero) is 1. The van der Waals surface area contributed by atoms with Gasteiger partial charge in [-0.1, -0.05) is 11.6 Å². The zero-order chi connectivity index (χ0) is 21.3. The van der Waals surface area contributed by atoms with Gasteiger partial charge < -0.3 is 15.0 Å². The first-order valence-corrected chi connectivity index (χ1v) is 10.7. The van der Waals surface area contributed by atoms with Crippen molar-refractivity contribution in [2.24, 2.45) is 0 Å². The predicted molar refractivity (Wildman–Crippen MR) is 116 cm³/mol. The van der Waals surface area contributed by atoms with E-state index in [1.165, 1.54) is 19.3 Å². The number of ether oxygens (including phenoxy) is 1. The summed E-state index contributed by atoms with van der Waals surface area (Å²) in [4.78, 5) is 35.2. The molecule has 160 valence electrons. The molecule has 1 N–H and O–H groups in total. The summed E-state index contributed by atoms with van der Waals surface area (Å²) in [5, 5.41) is 3.35. The molecule has 0 atom stereocenters. The second-order valence-electron chi connectivity index (χ2n) is 7.29. The molecule has 0 spiro atoms. The van der Waals surface area contributed by atoms with E-state index in [0.29, 0.717) is 35.4 Å². The van der Waals surface area contributed by atoms with Gasteiger partial charge in [-0.25, -0.2) is 4.98 Å². The number of carbonyl (C=O) groups excluding carboxylic acids is 2. The average molecular weight is 431 g/mol. The van der Waals surface area contributed by atoms with Crippen LogP contribution in [0.5, 0.6) is 5.88 Å². The van der Waals surface area contributed by atoms with Crippen LogP contribution in [-0.4, -0.2) is 47.9 Å². The van der Waals surface area contributed by atoms with Crippen molar-refractivity contribution < 1.29 is 14.3 Å². The zero-order valence-corrected chi connectivity index (χ0v) is 18.0. The number of benzene rings is 1. The van der Waals surface area contributed by atoms with Crippen molar-refractivity contribution >= 4 is 29.1 Å². The summed E-state index contributed by atoms with van der Waals surface area (Å²) in [7, 11) is 0. The van der Waals surface area contributed by atoms with Crippen LogP contribution in [-0.2, 0) is 4.79 Å². The Morgan fingerprint density at radius 2 is 1.83 bits per heavy atom. The molecular formula is C22H27ClN4O3. The molecule has 0 saturated carbocycles. The second kappa shape index (κ2) is 10.9. The molecule has 1 saturated heterocycles. The van der Waals surface area contributed by atoms with E-state index in [9.17, 15) is 9.59 Å². The van der Waals surface area contributed by atoms with Crippen molar-refractivity contribution in [3.63, 3.8) is 0 Å². The lowest BCUT2D eigenvalue weighted by Gasteiger charge is -2.28. The third kappa shape index (κ3) is 6.69. The van der Waals surface area contributed by atoms with Crippen LogP contribution in [0.25, 0.3) is 0 Å². The molecule has 8 heteroatoms. The van der Waals surface area contributed by atoms with Gasteiger partial charge in [0, 0.05) is 42.6 Å². The number of anilines is 1. The highest BCUT2D eigenvalue weighted by Crippen LogP contribution is 2.21. The Balaban J connectivity index is 1.39. The number of halogens is 1. The van der Waals surface area contributed by atoms with Crippen molar-refractivity contribution in [3.05, 3.63) is 46.7 Å². The number of hydrogen-bond donors (Lipinski definition) is 1. The van der Waals surface area contributed by atoms with Gasteiger partial charge in [0.25, 0.3) is 0 Å². The number of aromatic nitrogens is 2. The molecule has 1 aromatic heterocycles. The van der Waals surface area contributed by atoms with Gasteiger partial charge in [-0.05, 0) is 50.5 Å². The topological polar surface area (TPSA) is 84.4 Å². The van der Waals surface area contributed by atoms with E-state index >= 15 is 0 Å². The second-order valence-corrected chi connectivity index (χ2v) is 7.72. The number of amides is 1. The van der Waals surface area contributed by atoms with Gasteiger partial charge in [0.05, 0.1) is 6.54 Å². The Bertz CT molecular complexity index is 867. The fraction of sp³-hybridized carbons (Fsp3) is 0.455. The van der Waals surface area contributed by atoms with Crippen molar-refractivity contribution in [1.82, 2.24) is 15.3 Å². The van der Waals surface area contributed by atoms with E-state index in [-0.39, 0.29) is 24.5 Å². The van der Waals surface area contributed by atoms with Crippen LogP contribution in [0, 0.1) is 6.92 Å². The Kier molecular flexibility index (Phi) is 8.02. The maximum atomic E-state index is 12.1. The van der Waals surface area contributed by atoms with Crippen LogP contribution in [0.4, 0.5) is 5.82 Å². The summed E-state index contributed by atoms with van der Waals surface area (Å²) >= 11 is 5.82. The number of ketones is 1. The summed E-state index contributed by atoms with van der Waals surface area (Å²) in [6, 6.07) is 8.51. The summed E-state index contributed by atoms with van der Waals surface area (Å²) in [5.74, 6) is 1.79. The minimum absolute atomic E-state index is 0.0835. The maximum absolute atomic E-state index is 12.1. The summed E-state index contributed by atoms with van der Waals surface area (Å²) in [6.45, 7) is 4.49. The van der Waals surface area contributed by atoms with Crippen molar-refractivity contribution in [3.8, 4) is 5.88 Å². The van der Waals surface area contributed by atoms with Gasteiger partial charge in [-0.2, -0.15) is 4.98 Å². The Hall–Kier alpha value is -2.67. The molecule has 1 amide bonds. The lowest BCUT2D eigenvalue weighted by atomic mass is 10.1. The first-order chi connectivity index (χ1) is 14.5. The van der Waals surface area contributed by atoms with Crippen LogP contribution >= 0.6 is 11.6 Å². The molecular weight excluding hydrogens is 404 g/mol. The Morgan fingerprint density at radius 3 is 2.57 bits per heavy atom. The van der Waals surface area contributed by atoms with E-state index in [1.54, 1.807) is 24.3 Å². The van der Waals surface area contributed by atoms with Crippen molar-refractivity contribution in [2.45, 2.75) is 39.0 Å². The third-order valence-corrected chi connectivity index (χ3v) is 5.15. The zero-order valence-electron chi connectivity index (χ0n) is 17.2. The SMILES string of the molecule is Cc1nc(OCCNC(=O)CCC(=O)c2ccc(Cl)cc2)cc(N2CCCCC2)n1. The maximum Gasteiger partial charge on any atom is 0.220 e. The Morgan fingerprint density at radius 1 is 1.10 bits per heavy atom. The van der Waals surface area contributed by atoms with Crippen LogP contribution in [0.15, 0.2) is 30.3 Å². The first-order valence-electron chi connectivity index (χ1n) is 10.3. The predicted octanol–water partition coefficient (Wildman–Crippen LogP) is 3.59. The van der Waals surface area contributed by atoms with Crippen molar-refractivity contribution in [1.29, 1.82) is 0 Å². The van der Waals surface area contributed by atoms with Crippen LogP contribution in [0.2, 0.25) is 5.02 Å². The number of hydrogen-bond acceptors (Lipinski definition) is 6. The van der Waals surface area contributed by atoms with Gasteiger partial charge in [0.1, 0.15) is 18.2 Å². The number of nitrogens with zero attached hydrogens (tertiary/aromatic N) is 3. The molecule has 30 heavy (non-hydrogen) atoms. The monoisotopic (exact) mass is 430 g/mol. The van der Waals surface area contributed by atoms with Gasteiger partial charge in [-0.3, -0.25) is 9.59 Å². The standard InChI is InChI=1S/C22H27ClN4O3/c1-16-25-20(27-12-3-2-4-13-27)15-22(26-16)30-14-11-24-21(29)10-9-19(28)17-5-7-18(23)8-6-17/h5-8,15H,2-4,9-14H2,1H3,(H,24,29). The van der Waals surface area contributed by atoms with Gasteiger partial charge in [0.15, 0.2) is 5.78 Å². The lowest BCUT2D eigenvalue weighted by Crippen LogP contribution is -2.30. The number of rotatable bonds is 9. The molecule has 1 aliphatic rings. The molecule has 1 aromatic carbocycles. The highest BCUT2D eigenvalue weighted by molar-refractivity contribution is 6.30. The van der Waals surface area contributed by atoms with Crippen LogP contribution in [0.1, 0.15) is 48.3 Å². The minimum Gasteiger partial charge on any atom is -0.476 e. The third-order valence-electron chi connectivity index (χ3n) is 4.90. The summed E-state index contributed by atoms with van der Waals surface area (Å²) < 4.78 is 5.70. The number of piperidine rings is 1. The van der Waals surface area contributed by atoms with Crippen molar-refractivity contribution in [2.75, 3.05) is 31.1 Å². The minimum atomic E-state index is -0.186.